The van der Waals surface area contributed by atoms with Crippen molar-refractivity contribution in [3.05, 3.63) is 66.2 Å². The molecule has 2 aromatic carbocycles. The second kappa shape index (κ2) is 10.2. The predicted molar refractivity (Wildman–Crippen MR) is 143 cm³/mol. The minimum Gasteiger partial charge on any atom is -0.394 e. The molecule has 8 nitrogen and oxygen atoms in total. The van der Waals surface area contributed by atoms with E-state index in [9.17, 15) is 19.5 Å². The third-order valence-electron chi connectivity index (χ3n) is 8.85. The number of hydrogen-bond donors (Lipinski definition) is 3. The average molecular weight is 520 g/mol. The molecule has 5 rings (SSSR count). The Morgan fingerprint density at radius 3 is 2.39 bits per heavy atom. The molecule has 8 heteroatoms. The van der Waals surface area contributed by atoms with Crippen LogP contribution in [0.25, 0.3) is 0 Å². The summed E-state index contributed by atoms with van der Waals surface area (Å²) in [5, 5.41) is 16.5. The number of aliphatic hydroxyl groups excluding tert-OH is 1. The fourth-order valence-corrected chi connectivity index (χ4v) is 6.97. The zero-order valence-corrected chi connectivity index (χ0v) is 22.2. The molecule has 3 N–H and O–H groups in total. The van der Waals surface area contributed by atoms with Gasteiger partial charge >= 0.3 is 0 Å². The molecule has 202 valence electrons. The number of amides is 3. The van der Waals surface area contributed by atoms with E-state index in [0.717, 1.165) is 18.4 Å². The second-order valence-corrected chi connectivity index (χ2v) is 11.1. The van der Waals surface area contributed by atoms with E-state index >= 15 is 0 Å². The van der Waals surface area contributed by atoms with Gasteiger partial charge in [-0.25, -0.2) is 0 Å². The van der Waals surface area contributed by atoms with Crippen LogP contribution in [0.2, 0.25) is 0 Å². The number of carbonyl (C=O) groups is 3. The third kappa shape index (κ3) is 4.01. The molecule has 0 radical (unpaired) electrons. The van der Waals surface area contributed by atoms with Gasteiger partial charge in [-0.1, -0.05) is 68.8 Å². The highest BCUT2D eigenvalue weighted by atomic mass is 16.5. The highest BCUT2D eigenvalue weighted by molar-refractivity contribution is 6.02. The van der Waals surface area contributed by atoms with Gasteiger partial charge in [-0.15, -0.1) is 0 Å². The lowest BCUT2D eigenvalue weighted by atomic mass is 9.62. The average Bonchev–Trinajstić information content (AvgIpc) is 3.43. The van der Waals surface area contributed by atoms with Gasteiger partial charge < -0.3 is 25.4 Å². The monoisotopic (exact) mass is 519 g/mol. The van der Waals surface area contributed by atoms with E-state index < -0.39 is 35.1 Å². The van der Waals surface area contributed by atoms with Crippen LogP contribution < -0.4 is 10.6 Å². The van der Waals surface area contributed by atoms with Crippen molar-refractivity contribution in [3.8, 4) is 0 Å². The molecule has 0 aromatic heterocycles. The minimum atomic E-state index is -1.16. The first kappa shape index (κ1) is 26.4. The Balaban J connectivity index is 1.58. The summed E-state index contributed by atoms with van der Waals surface area (Å²) in [6.07, 6.45) is 2.20. The summed E-state index contributed by atoms with van der Waals surface area (Å²) in [6.45, 7) is 6.08. The summed E-state index contributed by atoms with van der Waals surface area (Å²) < 4.78 is 6.76. The van der Waals surface area contributed by atoms with Crippen molar-refractivity contribution >= 4 is 23.4 Å². The van der Waals surface area contributed by atoms with Gasteiger partial charge in [0.15, 0.2) is 0 Å². The van der Waals surface area contributed by atoms with Crippen molar-refractivity contribution in [1.29, 1.82) is 0 Å². The Morgan fingerprint density at radius 2 is 1.76 bits per heavy atom. The number of para-hydroxylation sites is 1. The van der Waals surface area contributed by atoms with Crippen molar-refractivity contribution in [2.75, 3.05) is 18.5 Å². The molecule has 3 heterocycles. The SMILES string of the molecule is CCCCNC(=O)C1N([C@H](CO)c2ccccc2)C(=O)[C@@H]2[C@@H](C(=O)Nc3ccccc3)[C@]3(C)OC12CC3C. The van der Waals surface area contributed by atoms with Gasteiger partial charge in [0.25, 0.3) is 0 Å². The highest BCUT2D eigenvalue weighted by Crippen LogP contribution is 2.66. The molecule has 0 saturated carbocycles. The number of nitrogens with one attached hydrogen (secondary N) is 2. The summed E-state index contributed by atoms with van der Waals surface area (Å²) >= 11 is 0. The number of nitrogens with zero attached hydrogens (tertiary/aromatic N) is 1. The molecule has 1 spiro atoms. The first-order valence-corrected chi connectivity index (χ1v) is 13.6. The van der Waals surface area contributed by atoms with E-state index in [1.165, 1.54) is 4.90 Å². The predicted octanol–water partition coefficient (Wildman–Crippen LogP) is 3.29. The lowest BCUT2D eigenvalue weighted by Gasteiger charge is -2.37. The topological polar surface area (TPSA) is 108 Å². The molecular weight excluding hydrogens is 482 g/mol. The zero-order chi connectivity index (χ0) is 27.1. The van der Waals surface area contributed by atoms with Gasteiger partial charge in [-0.05, 0) is 43.4 Å². The van der Waals surface area contributed by atoms with Crippen LogP contribution in [0, 0.1) is 17.8 Å². The first-order chi connectivity index (χ1) is 18.3. The maximum atomic E-state index is 14.4. The molecule has 2 aromatic rings. The molecule has 3 amide bonds. The van der Waals surface area contributed by atoms with Crippen LogP contribution in [0.1, 0.15) is 51.6 Å². The maximum absolute atomic E-state index is 14.4. The van der Waals surface area contributed by atoms with Crippen LogP contribution in [0.5, 0.6) is 0 Å². The number of benzene rings is 2. The number of aliphatic hydroxyl groups is 1. The lowest BCUT2D eigenvalue weighted by molar-refractivity contribution is -0.150. The molecule has 0 aliphatic carbocycles. The van der Waals surface area contributed by atoms with E-state index in [-0.39, 0.29) is 30.2 Å². The molecule has 38 heavy (non-hydrogen) atoms. The van der Waals surface area contributed by atoms with Gasteiger partial charge in [-0.3, -0.25) is 14.4 Å². The van der Waals surface area contributed by atoms with Gasteiger partial charge in [0.1, 0.15) is 11.6 Å². The fraction of sp³-hybridized carbons (Fsp3) is 0.500. The summed E-state index contributed by atoms with van der Waals surface area (Å²) in [7, 11) is 0. The Labute approximate surface area is 223 Å². The molecule has 3 aliphatic rings. The number of unbranched alkanes of at least 4 members (excludes halogenated alkanes) is 1. The summed E-state index contributed by atoms with van der Waals surface area (Å²) in [6, 6.07) is 16.7. The summed E-state index contributed by atoms with van der Waals surface area (Å²) in [5.74, 6) is -2.61. The van der Waals surface area contributed by atoms with Crippen LogP contribution in [0.4, 0.5) is 5.69 Å². The highest BCUT2D eigenvalue weighted by Gasteiger charge is 2.80. The van der Waals surface area contributed by atoms with Crippen molar-refractivity contribution in [3.63, 3.8) is 0 Å². The molecule has 3 saturated heterocycles. The summed E-state index contributed by atoms with van der Waals surface area (Å²) in [4.78, 5) is 43.6. The van der Waals surface area contributed by atoms with E-state index in [4.69, 9.17) is 4.74 Å². The van der Waals surface area contributed by atoms with Gasteiger partial charge in [0.05, 0.1) is 30.1 Å². The molecule has 3 unspecified atom stereocenters. The molecule has 3 aliphatic heterocycles. The number of ether oxygens (including phenoxy) is 1. The van der Waals surface area contributed by atoms with Crippen LogP contribution >= 0.6 is 0 Å². The quantitative estimate of drug-likeness (QED) is 0.441. The van der Waals surface area contributed by atoms with Gasteiger partial charge in [-0.2, -0.15) is 0 Å². The molecular formula is C30H37N3O5. The van der Waals surface area contributed by atoms with Crippen LogP contribution in [-0.4, -0.2) is 58.1 Å². The maximum Gasteiger partial charge on any atom is 0.245 e. The Hall–Kier alpha value is -3.23. The Bertz CT molecular complexity index is 1190. The minimum absolute atomic E-state index is 0.0618. The third-order valence-corrected chi connectivity index (χ3v) is 8.85. The number of rotatable bonds is 9. The number of likely N-dealkylation sites (tertiary alicyclic amines) is 1. The van der Waals surface area contributed by atoms with Crippen molar-refractivity contribution in [1.82, 2.24) is 10.2 Å². The standard InChI is InChI=1S/C30H37N3O5/c1-4-5-16-31-27(36)25-30-17-19(2)29(3,38-30)23(26(35)32-21-14-10-7-11-15-21)24(30)28(37)33(25)22(18-34)20-12-8-6-9-13-20/h6-15,19,22-25,34H,4-5,16-18H2,1-3H3,(H,31,36)(H,32,35)/t19?,22-,23+,24+,25?,29-,30?/m1/s1. The van der Waals surface area contributed by atoms with Gasteiger partial charge in [0, 0.05) is 12.2 Å². The smallest absolute Gasteiger partial charge is 0.245 e. The van der Waals surface area contributed by atoms with E-state index in [2.05, 4.69) is 10.6 Å². The van der Waals surface area contributed by atoms with Crippen LogP contribution in [0.3, 0.4) is 0 Å². The number of carbonyl (C=O) groups excluding carboxylic acids is 3. The summed E-state index contributed by atoms with van der Waals surface area (Å²) in [5.41, 5.74) is -0.707. The second-order valence-electron chi connectivity index (χ2n) is 11.1. The van der Waals surface area contributed by atoms with Crippen molar-refractivity contribution in [2.24, 2.45) is 17.8 Å². The number of hydrogen-bond acceptors (Lipinski definition) is 5. The Kier molecular flexibility index (Phi) is 7.05. The van der Waals surface area contributed by atoms with Crippen LogP contribution in [-0.2, 0) is 19.1 Å². The van der Waals surface area contributed by atoms with E-state index in [1.54, 1.807) is 12.1 Å². The van der Waals surface area contributed by atoms with Crippen molar-refractivity contribution in [2.45, 2.75) is 63.3 Å². The number of fused-ring (bicyclic) bond motifs is 1. The zero-order valence-electron chi connectivity index (χ0n) is 22.2. The molecule has 3 fully saturated rings. The lowest BCUT2D eigenvalue weighted by Crippen LogP contribution is -2.56. The number of anilines is 1. The van der Waals surface area contributed by atoms with E-state index in [0.29, 0.717) is 18.7 Å². The fourth-order valence-electron chi connectivity index (χ4n) is 6.97. The molecule has 7 atom stereocenters. The molecule has 2 bridgehead atoms. The van der Waals surface area contributed by atoms with Crippen molar-refractivity contribution < 1.29 is 24.2 Å². The van der Waals surface area contributed by atoms with Gasteiger partial charge in [0.2, 0.25) is 17.7 Å². The normalized spacial score (nSPS) is 32.2. The van der Waals surface area contributed by atoms with E-state index in [1.807, 2.05) is 69.3 Å². The largest absolute Gasteiger partial charge is 0.394 e. The Morgan fingerprint density at radius 1 is 1.11 bits per heavy atom. The first-order valence-electron chi connectivity index (χ1n) is 13.6. The van der Waals surface area contributed by atoms with Crippen LogP contribution in [0.15, 0.2) is 60.7 Å².